The third kappa shape index (κ3) is 78.6. The molecular formula is C86H146NO8P. The molecule has 0 aliphatic carbocycles. The molecule has 0 aliphatic heterocycles. The lowest BCUT2D eigenvalue weighted by atomic mass is 10.0. The van der Waals surface area contributed by atoms with Crippen LogP contribution < -0.4 is 4.89 Å². The molecule has 0 aromatic carbocycles. The van der Waals surface area contributed by atoms with Gasteiger partial charge in [-0.3, -0.25) is 14.2 Å². The molecule has 10 heteroatoms. The van der Waals surface area contributed by atoms with Crippen LogP contribution in [0.25, 0.3) is 0 Å². The molecule has 2 atom stereocenters. The predicted octanol–water partition coefficient (Wildman–Crippen LogP) is 25.6. The van der Waals surface area contributed by atoms with E-state index in [9.17, 15) is 19.0 Å². The maximum absolute atomic E-state index is 12.9. The Balaban J connectivity index is 4.05. The molecule has 0 amide bonds. The van der Waals surface area contributed by atoms with Gasteiger partial charge in [-0.1, -0.05) is 339 Å². The van der Waals surface area contributed by atoms with Crippen molar-refractivity contribution in [3.05, 3.63) is 158 Å². The van der Waals surface area contributed by atoms with Crippen LogP contribution in [0.1, 0.15) is 322 Å². The molecule has 9 nitrogen and oxygen atoms in total. The topological polar surface area (TPSA) is 111 Å². The first kappa shape index (κ1) is 91.6. The summed E-state index contributed by atoms with van der Waals surface area (Å²) in [6.07, 6.45) is 112. The number of quaternary nitrogens is 1. The lowest BCUT2D eigenvalue weighted by Crippen LogP contribution is -2.37. The van der Waals surface area contributed by atoms with Crippen molar-refractivity contribution in [3.8, 4) is 0 Å². The lowest BCUT2D eigenvalue weighted by molar-refractivity contribution is -0.870. The molecule has 2 unspecified atom stereocenters. The van der Waals surface area contributed by atoms with E-state index in [0.29, 0.717) is 17.4 Å². The quantitative estimate of drug-likeness (QED) is 0.0195. The highest BCUT2D eigenvalue weighted by molar-refractivity contribution is 7.45. The van der Waals surface area contributed by atoms with Crippen molar-refractivity contribution in [1.29, 1.82) is 0 Å². The van der Waals surface area contributed by atoms with Gasteiger partial charge < -0.3 is 27.9 Å². The number of esters is 2. The Hall–Kier alpha value is -4.37. The third-order valence-corrected chi connectivity index (χ3v) is 17.5. The first-order valence-corrected chi connectivity index (χ1v) is 40.7. The summed E-state index contributed by atoms with van der Waals surface area (Å²) in [7, 11) is 1.15. The Morgan fingerprint density at radius 3 is 0.885 bits per heavy atom. The van der Waals surface area contributed by atoms with Gasteiger partial charge in [0.15, 0.2) is 6.10 Å². The molecule has 0 heterocycles. The van der Waals surface area contributed by atoms with Crippen LogP contribution in [0.5, 0.6) is 0 Å². The van der Waals surface area contributed by atoms with E-state index in [1.165, 1.54) is 167 Å². The van der Waals surface area contributed by atoms with Crippen molar-refractivity contribution in [2.24, 2.45) is 0 Å². The van der Waals surface area contributed by atoms with Crippen LogP contribution >= 0.6 is 7.82 Å². The van der Waals surface area contributed by atoms with Crippen LogP contribution in [0, 0.1) is 0 Å². The zero-order valence-electron chi connectivity index (χ0n) is 62.5. The number of hydrogen-bond donors (Lipinski definition) is 0. The van der Waals surface area contributed by atoms with E-state index in [-0.39, 0.29) is 32.0 Å². The second-order valence-corrected chi connectivity index (χ2v) is 28.4. The molecule has 0 fully saturated rings. The van der Waals surface area contributed by atoms with Crippen LogP contribution in [0.2, 0.25) is 0 Å². The van der Waals surface area contributed by atoms with Crippen molar-refractivity contribution < 1.29 is 42.1 Å². The fraction of sp³-hybridized carbons (Fsp3) is 0.674. The number of phosphoric acid groups is 1. The van der Waals surface area contributed by atoms with E-state index >= 15 is 0 Å². The molecule has 0 aromatic heterocycles. The normalized spacial score (nSPS) is 13.9. The van der Waals surface area contributed by atoms with Gasteiger partial charge in [-0.2, -0.15) is 0 Å². The highest BCUT2D eigenvalue weighted by atomic mass is 31.2. The lowest BCUT2D eigenvalue weighted by Gasteiger charge is -2.28. The Labute approximate surface area is 592 Å². The second-order valence-electron chi connectivity index (χ2n) is 27.0. The molecule has 0 aliphatic rings. The van der Waals surface area contributed by atoms with Crippen LogP contribution in [-0.2, 0) is 32.7 Å². The molecule has 0 aromatic rings. The van der Waals surface area contributed by atoms with E-state index in [1.54, 1.807) is 0 Å². The number of nitrogens with zero attached hydrogens (tertiary/aromatic N) is 1. The first-order valence-electron chi connectivity index (χ1n) is 39.2. The highest BCUT2D eigenvalue weighted by Crippen LogP contribution is 2.38. The zero-order chi connectivity index (χ0) is 69.7. The Morgan fingerprint density at radius 2 is 0.594 bits per heavy atom. The molecule has 548 valence electrons. The summed E-state index contributed by atoms with van der Waals surface area (Å²) in [6.45, 7) is 4.12. The molecular weight excluding hydrogens is 1210 g/mol. The summed E-state index contributed by atoms with van der Waals surface area (Å²) in [4.78, 5) is 38.2. The maximum atomic E-state index is 12.9. The largest absolute Gasteiger partial charge is 0.756 e. The minimum absolute atomic E-state index is 0.0376. The number of carbonyl (C=O) groups is 2. The fourth-order valence-electron chi connectivity index (χ4n) is 10.6. The number of ether oxygens (including phenoxy) is 2. The number of rotatable bonds is 71. The summed E-state index contributed by atoms with van der Waals surface area (Å²) < 4.78 is 34.4. The van der Waals surface area contributed by atoms with E-state index in [1.807, 2.05) is 21.1 Å². The van der Waals surface area contributed by atoms with E-state index in [4.69, 9.17) is 18.5 Å². The number of carbonyl (C=O) groups excluding carboxylic acids is 2. The summed E-state index contributed by atoms with van der Waals surface area (Å²) in [5.74, 6) is -0.837. The van der Waals surface area contributed by atoms with Crippen LogP contribution in [0.3, 0.4) is 0 Å². The molecule has 0 saturated heterocycles. The van der Waals surface area contributed by atoms with E-state index in [2.05, 4.69) is 172 Å². The van der Waals surface area contributed by atoms with E-state index in [0.717, 1.165) is 122 Å². The molecule has 0 bridgehead atoms. The van der Waals surface area contributed by atoms with Crippen LogP contribution in [0.15, 0.2) is 158 Å². The molecule has 96 heavy (non-hydrogen) atoms. The molecule has 0 N–H and O–H groups in total. The van der Waals surface area contributed by atoms with Gasteiger partial charge >= 0.3 is 11.9 Å². The Kier molecular flexibility index (Phi) is 71.4. The van der Waals surface area contributed by atoms with Gasteiger partial charge in [-0.15, -0.1) is 0 Å². The predicted molar refractivity (Wildman–Crippen MR) is 415 cm³/mol. The molecule has 0 saturated carbocycles. The average Bonchev–Trinajstić information content (AvgIpc) is 2.54. The van der Waals surface area contributed by atoms with Crippen molar-refractivity contribution in [1.82, 2.24) is 0 Å². The summed E-state index contributed by atoms with van der Waals surface area (Å²) in [5.41, 5.74) is 0. The van der Waals surface area contributed by atoms with Crippen molar-refractivity contribution in [3.63, 3.8) is 0 Å². The Morgan fingerprint density at radius 1 is 0.333 bits per heavy atom. The highest BCUT2D eigenvalue weighted by Gasteiger charge is 2.22. The monoisotopic (exact) mass is 1350 g/mol. The first-order chi connectivity index (χ1) is 47.0. The van der Waals surface area contributed by atoms with Crippen LogP contribution in [-0.4, -0.2) is 70.0 Å². The van der Waals surface area contributed by atoms with Gasteiger partial charge in [0.2, 0.25) is 0 Å². The van der Waals surface area contributed by atoms with Gasteiger partial charge in [0, 0.05) is 12.8 Å². The molecule has 0 rings (SSSR count). The zero-order valence-corrected chi connectivity index (χ0v) is 63.4. The van der Waals surface area contributed by atoms with E-state index < -0.39 is 26.5 Å². The minimum atomic E-state index is -4.66. The van der Waals surface area contributed by atoms with Crippen molar-refractivity contribution in [2.75, 3.05) is 47.5 Å². The van der Waals surface area contributed by atoms with Crippen LogP contribution in [0.4, 0.5) is 0 Å². The maximum Gasteiger partial charge on any atom is 0.306 e. The summed E-state index contributed by atoms with van der Waals surface area (Å²) in [5, 5.41) is 0. The number of hydrogen-bond acceptors (Lipinski definition) is 8. The average molecular weight is 1350 g/mol. The van der Waals surface area contributed by atoms with Gasteiger partial charge in [0.05, 0.1) is 27.7 Å². The fourth-order valence-corrected chi connectivity index (χ4v) is 11.3. The van der Waals surface area contributed by atoms with Gasteiger partial charge in [0.1, 0.15) is 19.8 Å². The summed E-state index contributed by atoms with van der Waals surface area (Å²) >= 11 is 0. The van der Waals surface area contributed by atoms with Crippen molar-refractivity contribution in [2.45, 2.75) is 328 Å². The SMILES string of the molecule is CC/C=C\C/C=C\C/C=C\C/C=C\C/C=C\C/C=C\C/C=C\C/C=C\C/C=C\C/C=C\CCCCCCCCCCCCC(=O)OC(COC(=O)CCCCCCCCCCCCCCCCCC/C=C\C/C=C\C/C=C\CCCCCCC)COP(=O)([O-])OCC[N+](C)(C)C. The second kappa shape index (κ2) is 74.8. The smallest absolute Gasteiger partial charge is 0.306 e. The van der Waals surface area contributed by atoms with Crippen molar-refractivity contribution >= 4 is 19.8 Å². The number of likely N-dealkylation sites (N-methyl/N-ethyl adjacent to an activating group) is 1. The van der Waals surface area contributed by atoms with Gasteiger partial charge in [-0.05, 0) is 128 Å². The Bertz CT molecular complexity index is 2180. The molecule has 0 spiro atoms. The molecule has 0 radical (unpaired) electrons. The summed E-state index contributed by atoms with van der Waals surface area (Å²) in [6, 6.07) is 0. The number of phosphoric ester groups is 1. The number of allylic oxidation sites excluding steroid dienone is 26. The number of unbranched alkanes of at least 4 members (excludes halogenated alkanes) is 31. The minimum Gasteiger partial charge on any atom is -0.756 e. The standard InChI is InChI=1S/C86H146NO8P/c1-6-8-10-12-14-16-18-20-22-24-26-28-30-32-34-36-38-39-40-41-42-43-44-45-46-47-49-51-53-55-57-59-61-63-65-67-69-71-73-75-77-79-86(89)95-84(83-94-96(90,91)93-81-80-87(3,4)5)82-92-85(88)78-76-74-72-70-68-66-64-62-60-58-56-54-52-50-48-37-35-33-31-29-27-25-23-21-19-17-15-13-11-9-7-2/h8,10,14,16,19-22,25-28,31-34,38-39,41-42,44-45,47,49,53,55,84H,6-7,9,11-13,15,17-18,23-24,29-30,35-37,40,43,46,48,50-52,54,56-83H2,1-5H3/b10-8-,16-14-,21-19-,22-20-,27-25-,28-26-,33-31-,34-32-,39-38-,42-41-,45-44-,49-47-,55-53-. The third-order valence-electron chi connectivity index (χ3n) is 16.5. The van der Waals surface area contributed by atoms with Gasteiger partial charge in [0.25, 0.3) is 7.82 Å². The van der Waals surface area contributed by atoms with Gasteiger partial charge in [-0.25, -0.2) is 0 Å².